The van der Waals surface area contributed by atoms with Crippen LogP contribution in [0.4, 0.5) is 16.6 Å². The molecule has 1 unspecified atom stereocenters. The second kappa shape index (κ2) is 11.9. The molecule has 2 N–H and O–H groups in total. The Hall–Kier alpha value is -2.33. The first-order chi connectivity index (χ1) is 19.4. The Kier molecular flexibility index (Phi) is 8.26. The SMILES string of the molecule is CN(C)CCN(c1ccccc1)S(=O)c1cc(CC[C@H]2CC23CCC(O)CC3)nc(Nc2nc3c(s2)CCC3)c1. The maximum absolute atomic E-state index is 14.2. The van der Waals surface area contributed by atoms with E-state index in [9.17, 15) is 9.32 Å². The molecule has 2 aromatic heterocycles. The van der Waals surface area contributed by atoms with Gasteiger partial charge in [0.15, 0.2) is 16.1 Å². The number of para-hydroxylation sites is 1. The molecule has 0 bridgehead atoms. The van der Waals surface area contributed by atoms with Crippen LogP contribution in [-0.2, 0) is 30.2 Å². The molecule has 0 amide bonds. The smallest absolute Gasteiger partial charge is 0.188 e. The number of aliphatic hydroxyl groups excluding tert-OH is 1. The minimum Gasteiger partial charge on any atom is -0.393 e. The zero-order valence-corrected chi connectivity index (χ0v) is 25.3. The molecule has 0 saturated heterocycles. The third-order valence-electron chi connectivity index (χ3n) is 8.94. The van der Waals surface area contributed by atoms with E-state index in [0.717, 1.165) is 85.1 Å². The van der Waals surface area contributed by atoms with Crippen molar-refractivity contribution in [3.63, 3.8) is 0 Å². The van der Waals surface area contributed by atoms with E-state index in [-0.39, 0.29) is 6.10 Å². The molecule has 2 fully saturated rings. The summed E-state index contributed by atoms with van der Waals surface area (Å²) in [7, 11) is 2.70. The molecule has 1 spiro atoms. The van der Waals surface area contributed by atoms with Gasteiger partial charge in [-0.05, 0) is 114 Å². The van der Waals surface area contributed by atoms with Gasteiger partial charge in [0, 0.05) is 29.3 Å². The normalized spacial score (nSPS) is 24.3. The average Bonchev–Trinajstić information content (AvgIpc) is 3.20. The van der Waals surface area contributed by atoms with Gasteiger partial charge in [-0.25, -0.2) is 14.2 Å². The quantitative estimate of drug-likeness (QED) is 0.302. The second-order valence-corrected chi connectivity index (χ2v) is 14.6. The first kappa shape index (κ1) is 27.8. The summed E-state index contributed by atoms with van der Waals surface area (Å²) in [4.78, 5) is 14.1. The molecule has 1 aromatic carbocycles. The predicted octanol–water partition coefficient (Wildman–Crippen LogP) is 5.74. The van der Waals surface area contributed by atoms with Crippen molar-refractivity contribution in [2.75, 3.05) is 36.8 Å². The summed E-state index contributed by atoms with van der Waals surface area (Å²) in [6, 6.07) is 14.0. The van der Waals surface area contributed by atoms with Crippen molar-refractivity contribution in [3.8, 4) is 0 Å². The molecule has 0 aliphatic heterocycles. The molecule has 3 aliphatic carbocycles. The number of anilines is 3. The van der Waals surface area contributed by atoms with Crippen molar-refractivity contribution in [1.82, 2.24) is 14.9 Å². The van der Waals surface area contributed by atoms with Gasteiger partial charge in [-0.2, -0.15) is 0 Å². The van der Waals surface area contributed by atoms with Crippen LogP contribution in [0.15, 0.2) is 47.4 Å². The van der Waals surface area contributed by atoms with Gasteiger partial charge in [-0.1, -0.05) is 18.2 Å². The Morgan fingerprint density at radius 1 is 1.10 bits per heavy atom. The molecule has 0 radical (unpaired) electrons. The van der Waals surface area contributed by atoms with Gasteiger partial charge in [0.1, 0.15) is 5.82 Å². The summed E-state index contributed by atoms with van der Waals surface area (Å²) < 4.78 is 16.2. The molecule has 214 valence electrons. The van der Waals surface area contributed by atoms with Crippen molar-refractivity contribution < 1.29 is 9.32 Å². The Balaban J connectivity index is 1.25. The number of likely N-dealkylation sites (N-methyl/N-ethyl adjacent to an activating group) is 1. The number of aliphatic hydroxyl groups is 1. The Bertz CT molecular complexity index is 1320. The molecule has 3 aromatic rings. The number of pyridine rings is 1. The van der Waals surface area contributed by atoms with Crippen molar-refractivity contribution in [2.24, 2.45) is 11.3 Å². The molecule has 9 heteroatoms. The van der Waals surface area contributed by atoms with Gasteiger partial charge in [0.05, 0.1) is 16.7 Å². The highest BCUT2D eigenvalue weighted by Gasteiger charge is 2.53. The van der Waals surface area contributed by atoms with Crippen LogP contribution in [0.2, 0.25) is 0 Å². The van der Waals surface area contributed by atoms with Gasteiger partial charge in [-0.3, -0.25) is 4.31 Å². The van der Waals surface area contributed by atoms with Crippen LogP contribution in [0.3, 0.4) is 0 Å². The maximum Gasteiger partial charge on any atom is 0.188 e. The Morgan fingerprint density at radius 3 is 2.65 bits per heavy atom. The molecule has 7 nitrogen and oxygen atoms in total. The number of fused-ring (bicyclic) bond motifs is 1. The van der Waals surface area contributed by atoms with Crippen molar-refractivity contribution in [2.45, 2.75) is 75.2 Å². The molecule has 2 saturated carbocycles. The fraction of sp³-hybridized carbons (Fsp3) is 0.548. The third kappa shape index (κ3) is 6.27. The van der Waals surface area contributed by atoms with E-state index in [1.165, 1.54) is 23.4 Å². The van der Waals surface area contributed by atoms with E-state index in [4.69, 9.17) is 9.97 Å². The van der Waals surface area contributed by atoms with Crippen molar-refractivity contribution in [1.29, 1.82) is 0 Å². The van der Waals surface area contributed by atoms with Gasteiger partial charge in [0.25, 0.3) is 0 Å². The van der Waals surface area contributed by atoms with Crippen LogP contribution in [0, 0.1) is 11.3 Å². The molecule has 2 atom stereocenters. The summed E-state index contributed by atoms with van der Waals surface area (Å²) >= 11 is 1.72. The second-order valence-electron chi connectivity index (χ2n) is 12.1. The van der Waals surface area contributed by atoms with Crippen LogP contribution in [0.5, 0.6) is 0 Å². The lowest BCUT2D eigenvalue weighted by atomic mass is 9.82. The largest absolute Gasteiger partial charge is 0.393 e. The lowest BCUT2D eigenvalue weighted by Crippen LogP contribution is -2.33. The van der Waals surface area contributed by atoms with Crippen LogP contribution in [0.1, 0.15) is 61.2 Å². The zero-order chi connectivity index (χ0) is 27.7. The van der Waals surface area contributed by atoms with Gasteiger partial charge in [-0.15, -0.1) is 11.3 Å². The van der Waals surface area contributed by atoms with Gasteiger partial charge >= 0.3 is 0 Å². The first-order valence-electron chi connectivity index (χ1n) is 14.7. The number of aryl methyl sites for hydroxylation is 3. The summed E-state index contributed by atoms with van der Waals surface area (Å²) in [5.74, 6) is 1.43. The van der Waals surface area contributed by atoms with Crippen LogP contribution < -0.4 is 9.62 Å². The molecular formula is C31H41N5O2S2. The van der Waals surface area contributed by atoms with Crippen LogP contribution in [0.25, 0.3) is 0 Å². The minimum absolute atomic E-state index is 0.110. The van der Waals surface area contributed by atoms with E-state index in [1.54, 1.807) is 11.3 Å². The van der Waals surface area contributed by atoms with Gasteiger partial charge < -0.3 is 15.3 Å². The zero-order valence-electron chi connectivity index (χ0n) is 23.6. The summed E-state index contributed by atoms with van der Waals surface area (Å²) in [5, 5.41) is 14.3. The number of rotatable bonds is 11. The van der Waals surface area contributed by atoms with E-state index >= 15 is 0 Å². The Labute approximate surface area is 244 Å². The molecular weight excluding hydrogens is 539 g/mol. The average molecular weight is 580 g/mol. The van der Waals surface area contributed by atoms with Crippen LogP contribution >= 0.6 is 11.3 Å². The number of hydrogen-bond acceptors (Lipinski definition) is 7. The number of nitrogens with zero attached hydrogens (tertiary/aromatic N) is 4. The van der Waals surface area contributed by atoms with E-state index < -0.39 is 11.0 Å². The topological polar surface area (TPSA) is 81.6 Å². The maximum atomic E-state index is 14.2. The minimum atomic E-state index is -1.39. The van der Waals surface area contributed by atoms with Crippen LogP contribution in [-0.4, -0.2) is 57.5 Å². The molecule has 40 heavy (non-hydrogen) atoms. The first-order valence-corrected chi connectivity index (χ1v) is 16.6. The summed E-state index contributed by atoms with van der Waals surface area (Å²) in [6.07, 6.45) is 10.6. The number of aromatic nitrogens is 2. The highest BCUT2D eigenvalue weighted by atomic mass is 32.2. The summed E-state index contributed by atoms with van der Waals surface area (Å²) in [5.41, 5.74) is 3.59. The highest BCUT2D eigenvalue weighted by Crippen LogP contribution is 2.63. The highest BCUT2D eigenvalue weighted by molar-refractivity contribution is 7.86. The summed E-state index contributed by atoms with van der Waals surface area (Å²) in [6.45, 7) is 1.45. The fourth-order valence-electron chi connectivity index (χ4n) is 6.48. The van der Waals surface area contributed by atoms with Crippen molar-refractivity contribution >= 4 is 39.0 Å². The Morgan fingerprint density at radius 2 is 1.90 bits per heavy atom. The number of nitrogens with one attached hydrogen (secondary N) is 1. The van der Waals surface area contributed by atoms with E-state index in [2.05, 4.69) is 16.3 Å². The molecule has 2 heterocycles. The predicted molar refractivity (Wildman–Crippen MR) is 164 cm³/mol. The third-order valence-corrected chi connectivity index (χ3v) is 11.4. The fourth-order valence-corrected chi connectivity index (χ4v) is 8.80. The van der Waals surface area contributed by atoms with Crippen molar-refractivity contribution in [3.05, 3.63) is 58.7 Å². The molecule has 3 aliphatic rings. The lowest BCUT2D eigenvalue weighted by Gasteiger charge is -2.26. The number of hydrogen-bond donors (Lipinski definition) is 2. The standard InChI is InChI=1S/C31H41N5O2S2/c1-35(2)17-18-36(24-7-4-3-5-8-24)40(38)26-19-23(12-11-22-21-31(22)15-13-25(37)14-16-31)32-29(20-26)34-30-33-27-9-6-10-28(27)39-30/h3-5,7-8,19-20,22,25,37H,6,9-18,21H2,1-2H3,(H,32,33,34)/t22-,25?,31?,40?/m0/s1. The number of thiazole rings is 1. The molecule has 6 rings (SSSR count). The number of benzene rings is 1. The lowest BCUT2D eigenvalue weighted by molar-refractivity contribution is 0.0966. The van der Waals surface area contributed by atoms with E-state index in [1.807, 2.05) is 54.8 Å². The van der Waals surface area contributed by atoms with Gasteiger partial charge in [0.2, 0.25) is 0 Å². The monoisotopic (exact) mass is 579 g/mol. The van der Waals surface area contributed by atoms with E-state index in [0.29, 0.717) is 17.9 Å².